The number of pyridine rings is 1. The standard InChI is InChI=1S/C13H18Cl2N4/c1-8(7-18(3)4)19-12(9(2)14)17-11-5-10(15)6-16-13(11)19/h5-6,8-9H,7H2,1-4H3. The largest absolute Gasteiger partial charge is 0.307 e. The summed E-state index contributed by atoms with van der Waals surface area (Å²) < 4.78 is 2.10. The Labute approximate surface area is 123 Å². The molecule has 2 unspecified atom stereocenters. The molecule has 2 aromatic rings. The van der Waals surface area contributed by atoms with Gasteiger partial charge < -0.3 is 9.47 Å². The molecule has 0 aromatic carbocycles. The Balaban J connectivity index is 2.58. The number of imidazole rings is 1. The van der Waals surface area contributed by atoms with Crippen LogP contribution in [0.2, 0.25) is 5.02 Å². The van der Waals surface area contributed by atoms with Gasteiger partial charge in [0.1, 0.15) is 11.3 Å². The molecule has 0 radical (unpaired) electrons. The van der Waals surface area contributed by atoms with Gasteiger partial charge in [-0.1, -0.05) is 11.6 Å². The van der Waals surface area contributed by atoms with E-state index < -0.39 is 0 Å². The van der Waals surface area contributed by atoms with Gasteiger partial charge in [0.15, 0.2) is 5.65 Å². The summed E-state index contributed by atoms with van der Waals surface area (Å²) in [6, 6.07) is 2.07. The van der Waals surface area contributed by atoms with Gasteiger partial charge in [-0.3, -0.25) is 0 Å². The number of hydrogen-bond acceptors (Lipinski definition) is 3. The molecule has 2 atom stereocenters. The Morgan fingerprint density at radius 2 is 2.05 bits per heavy atom. The first-order valence-electron chi connectivity index (χ1n) is 6.22. The van der Waals surface area contributed by atoms with Gasteiger partial charge >= 0.3 is 0 Å². The summed E-state index contributed by atoms with van der Waals surface area (Å²) >= 11 is 12.2. The summed E-state index contributed by atoms with van der Waals surface area (Å²) in [7, 11) is 4.09. The molecule has 0 aliphatic heterocycles. The monoisotopic (exact) mass is 300 g/mol. The molecule has 104 valence electrons. The Morgan fingerprint density at radius 1 is 1.37 bits per heavy atom. The summed E-state index contributed by atoms with van der Waals surface area (Å²) in [6.45, 7) is 4.95. The number of fused-ring (bicyclic) bond motifs is 1. The topological polar surface area (TPSA) is 34.0 Å². The zero-order valence-electron chi connectivity index (χ0n) is 11.6. The van der Waals surface area contributed by atoms with Gasteiger partial charge in [-0.25, -0.2) is 9.97 Å². The maximum atomic E-state index is 6.24. The second kappa shape index (κ2) is 5.65. The summed E-state index contributed by atoms with van der Waals surface area (Å²) in [5.74, 6) is 0.834. The van der Waals surface area contributed by atoms with Crippen molar-refractivity contribution in [2.45, 2.75) is 25.3 Å². The van der Waals surface area contributed by atoms with Crippen LogP contribution in [-0.4, -0.2) is 40.1 Å². The van der Waals surface area contributed by atoms with Crippen LogP contribution in [0.1, 0.15) is 31.1 Å². The van der Waals surface area contributed by atoms with Gasteiger partial charge in [-0.2, -0.15) is 0 Å². The van der Waals surface area contributed by atoms with Crippen LogP contribution < -0.4 is 0 Å². The van der Waals surface area contributed by atoms with E-state index in [4.69, 9.17) is 23.2 Å². The SMILES string of the molecule is CC(Cl)c1nc2cc(Cl)cnc2n1C(C)CN(C)C. The smallest absolute Gasteiger partial charge is 0.160 e. The lowest BCUT2D eigenvalue weighted by molar-refractivity contribution is 0.336. The quantitative estimate of drug-likeness (QED) is 0.810. The normalized spacial score (nSPS) is 15.1. The number of likely N-dealkylation sites (N-methyl/N-ethyl adjacent to an activating group) is 1. The molecule has 0 aliphatic carbocycles. The molecule has 2 aromatic heterocycles. The molecule has 0 N–H and O–H groups in total. The van der Waals surface area contributed by atoms with Gasteiger partial charge in [0.05, 0.1) is 10.4 Å². The summed E-state index contributed by atoms with van der Waals surface area (Å²) in [6.07, 6.45) is 1.65. The number of halogens is 2. The number of rotatable bonds is 4. The Hall–Kier alpha value is -0.840. The predicted molar refractivity (Wildman–Crippen MR) is 80.1 cm³/mol. The molecule has 0 bridgehead atoms. The van der Waals surface area contributed by atoms with Crippen molar-refractivity contribution in [3.8, 4) is 0 Å². The van der Waals surface area contributed by atoms with E-state index in [-0.39, 0.29) is 11.4 Å². The van der Waals surface area contributed by atoms with Crippen LogP contribution >= 0.6 is 23.2 Å². The average Bonchev–Trinajstić information content (AvgIpc) is 2.66. The first kappa shape index (κ1) is 14.6. The number of nitrogens with zero attached hydrogens (tertiary/aromatic N) is 4. The van der Waals surface area contributed by atoms with E-state index in [0.717, 1.165) is 23.5 Å². The highest BCUT2D eigenvalue weighted by Gasteiger charge is 2.20. The second-order valence-corrected chi connectivity index (χ2v) is 6.15. The molecule has 19 heavy (non-hydrogen) atoms. The van der Waals surface area contributed by atoms with Crippen molar-refractivity contribution in [3.05, 3.63) is 23.1 Å². The molecule has 0 spiro atoms. The zero-order chi connectivity index (χ0) is 14.2. The van der Waals surface area contributed by atoms with E-state index in [1.54, 1.807) is 6.20 Å². The third-order valence-electron chi connectivity index (χ3n) is 2.95. The van der Waals surface area contributed by atoms with E-state index in [2.05, 4.69) is 26.4 Å². The molecule has 0 saturated carbocycles. The van der Waals surface area contributed by atoms with E-state index >= 15 is 0 Å². The van der Waals surface area contributed by atoms with E-state index in [9.17, 15) is 0 Å². The highest BCUT2D eigenvalue weighted by molar-refractivity contribution is 6.31. The van der Waals surface area contributed by atoms with Crippen LogP contribution in [0.15, 0.2) is 12.3 Å². The van der Waals surface area contributed by atoms with Crippen LogP contribution in [0.25, 0.3) is 11.2 Å². The second-order valence-electron chi connectivity index (χ2n) is 5.06. The lowest BCUT2D eigenvalue weighted by atomic mass is 10.3. The highest BCUT2D eigenvalue weighted by Crippen LogP contribution is 2.28. The van der Waals surface area contributed by atoms with E-state index in [1.165, 1.54) is 0 Å². The first-order chi connectivity index (χ1) is 8.90. The van der Waals surface area contributed by atoms with Crippen molar-refractivity contribution < 1.29 is 0 Å². The van der Waals surface area contributed by atoms with Crippen molar-refractivity contribution >= 4 is 34.4 Å². The maximum absolute atomic E-state index is 6.24. The lowest BCUT2D eigenvalue weighted by Gasteiger charge is -2.21. The summed E-state index contributed by atoms with van der Waals surface area (Å²) in [5.41, 5.74) is 1.63. The Bertz CT molecular complexity index is 577. The minimum absolute atomic E-state index is 0.169. The van der Waals surface area contributed by atoms with Gasteiger partial charge in [0.25, 0.3) is 0 Å². The lowest BCUT2D eigenvalue weighted by Crippen LogP contribution is -2.24. The van der Waals surface area contributed by atoms with Gasteiger partial charge in [0, 0.05) is 18.8 Å². The number of aromatic nitrogens is 3. The van der Waals surface area contributed by atoms with Crippen LogP contribution in [-0.2, 0) is 0 Å². The molecule has 4 nitrogen and oxygen atoms in total. The molecule has 0 saturated heterocycles. The summed E-state index contributed by atoms with van der Waals surface area (Å²) in [4.78, 5) is 11.1. The summed E-state index contributed by atoms with van der Waals surface area (Å²) in [5, 5.41) is 0.420. The van der Waals surface area contributed by atoms with Crippen LogP contribution in [0.5, 0.6) is 0 Å². The van der Waals surface area contributed by atoms with Gasteiger partial charge in [-0.05, 0) is 34.0 Å². The van der Waals surface area contributed by atoms with E-state index in [1.807, 2.05) is 27.1 Å². The van der Waals surface area contributed by atoms with Crippen molar-refractivity contribution in [3.63, 3.8) is 0 Å². The molecule has 2 rings (SSSR count). The molecule has 0 fully saturated rings. The van der Waals surface area contributed by atoms with Crippen molar-refractivity contribution in [2.24, 2.45) is 0 Å². The minimum Gasteiger partial charge on any atom is -0.307 e. The van der Waals surface area contributed by atoms with Crippen molar-refractivity contribution in [1.82, 2.24) is 19.4 Å². The van der Waals surface area contributed by atoms with Crippen LogP contribution in [0.4, 0.5) is 0 Å². The Kier molecular flexibility index (Phi) is 4.33. The van der Waals surface area contributed by atoms with Crippen molar-refractivity contribution in [2.75, 3.05) is 20.6 Å². The highest BCUT2D eigenvalue weighted by atomic mass is 35.5. The third-order valence-corrected chi connectivity index (χ3v) is 3.35. The zero-order valence-corrected chi connectivity index (χ0v) is 13.1. The number of alkyl halides is 1. The molecule has 0 amide bonds. The molecular weight excluding hydrogens is 283 g/mol. The van der Waals surface area contributed by atoms with Crippen LogP contribution in [0.3, 0.4) is 0 Å². The average molecular weight is 301 g/mol. The predicted octanol–water partition coefficient (Wildman–Crippen LogP) is 3.51. The van der Waals surface area contributed by atoms with Gasteiger partial charge in [-0.15, -0.1) is 11.6 Å². The molecule has 0 aliphatic rings. The first-order valence-corrected chi connectivity index (χ1v) is 7.03. The fourth-order valence-electron chi connectivity index (χ4n) is 2.30. The van der Waals surface area contributed by atoms with Gasteiger partial charge in [0.2, 0.25) is 0 Å². The van der Waals surface area contributed by atoms with E-state index in [0.29, 0.717) is 5.02 Å². The maximum Gasteiger partial charge on any atom is 0.160 e. The molecule has 6 heteroatoms. The fraction of sp³-hybridized carbons (Fsp3) is 0.538. The number of hydrogen-bond donors (Lipinski definition) is 0. The van der Waals surface area contributed by atoms with Crippen LogP contribution in [0, 0.1) is 0 Å². The minimum atomic E-state index is -0.169. The molecule has 2 heterocycles. The third kappa shape index (κ3) is 3.02. The fourth-order valence-corrected chi connectivity index (χ4v) is 2.61. The van der Waals surface area contributed by atoms with Crippen molar-refractivity contribution in [1.29, 1.82) is 0 Å². The Morgan fingerprint density at radius 3 is 2.63 bits per heavy atom. The molecular formula is C13H18Cl2N4.